The average Bonchev–Trinajstić information content (AvgIpc) is 3.48. The van der Waals surface area contributed by atoms with Gasteiger partial charge in [-0.3, -0.25) is 0 Å². The summed E-state index contributed by atoms with van der Waals surface area (Å²) in [6.45, 7) is 0. The van der Waals surface area contributed by atoms with Gasteiger partial charge in [0.2, 0.25) is 12.4 Å². The topological polar surface area (TPSA) is 72.3 Å². The Morgan fingerprint density at radius 1 is 0.568 bits per heavy atom. The van der Waals surface area contributed by atoms with E-state index in [2.05, 4.69) is 9.98 Å². The predicted octanol–water partition coefficient (Wildman–Crippen LogP) is 7.95. The van der Waals surface area contributed by atoms with Crippen molar-refractivity contribution in [2.45, 2.75) is 12.3 Å². The van der Waals surface area contributed by atoms with E-state index in [1.54, 1.807) is 60.9 Å². The Hall–Kier alpha value is -5.74. The zero-order valence-electron chi connectivity index (χ0n) is 22.1. The van der Waals surface area contributed by atoms with Crippen molar-refractivity contribution in [2.75, 3.05) is 0 Å². The molecule has 0 aromatic heterocycles. The average molecular weight is 593 g/mol. The molecule has 0 spiro atoms. The Morgan fingerprint density at radius 3 is 1.59 bits per heavy atom. The van der Waals surface area contributed by atoms with Crippen LogP contribution in [0.1, 0.15) is 5.56 Å². The van der Waals surface area contributed by atoms with E-state index >= 15 is 0 Å². The lowest BCUT2D eigenvalue weighted by atomic mass is 9.96. The SMILES string of the molecule is N#CN=c1c2cc(C3=CC(F)C(F)C(F)=C3)ccc2c2cc3c(=NC#N)c4cc(-c5cc(F)c(F)c(F)c5)ccc4c3cc12. The number of rotatable bonds is 2. The van der Waals surface area contributed by atoms with Crippen LogP contribution in [0.5, 0.6) is 0 Å². The van der Waals surface area contributed by atoms with Gasteiger partial charge in [-0.15, -0.1) is 0 Å². The molecule has 0 radical (unpaired) electrons. The first kappa shape index (κ1) is 27.1. The van der Waals surface area contributed by atoms with Crippen LogP contribution in [-0.2, 0) is 0 Å². The molecule has 0 amide bonds. The highest BCUT2D eigenvalue weighted by Crippen LogP contribution is 2.36. The van der Waals surface area contributed by atoms with Crippen molar-refractivity contribution in [2.24, 2.45) is 9.98 Å². The number of halogens is 6. The summed E-state index contributed by atoms with van der Waals surface area (Å²) in [6.07, 6.45) is 1.03. The summed E-state index contributed by atoms with van der Waals surface area (Å²) in [6, 6.07) is 15.2. The first-order chi connectivity index (χ1) is 21.2. The van der Waals surface area contributed by atoms with E-state index in [0.717, 1.165) is 24.3 Å². The molecule has 4 nitrogen and oxygen atoms in total. The Labute approximate surface area is 243 Å². The molecule has 212 valence electrons. The smallest absolute Gasteiger partial charge is 0.206 e. The first-order valence-electron chi connectivity index (χ1n) is 13.1. The van der Waals surface area contributed by atoms with Crippen molar-refractivity contribution in [3.05, 3.63) is 112 Å². The van der Waals surface area contributed by atoms with Crippen LogP contribution in [-0.4, -0.2) is 12.3 Å². The van der Waals surface area contributed by atoms with Gasteiger partial charge in [0.05, 0.1) is 10.7 Å². The second kappa shape index (κ2) is 9.92. The fourth-order valence-corrected chi connectivity index (χ4v) is 5.96. The number of hydrogen-bond donors (Lipinski definition) is 0. The standard InChI is InChI=1S/C34H14F6N4/c35-27-7-17(8-28(36)31(27)39)15-1-3-19-21-11-26-22(12-25(21)33(43-13-41)23(19)5-15)20-4-2-16(6-24(20)34(26)44-14-42)18-9-29(37)32(40)30(38)10-18/h1-12,27,31H. The van der Waals surface area contributed by atoms with Crippen LogP contribution in [0, 0.1) is 40.4 Å². The zero-order chi connectivity index (χ0) is 30.9. The van der Waals surface area contributed by atoms with Gasteiger partial charge >= 0.3 is 0 Å². The molecule has 2 atom stereocenters. The van der Waals surface area contributed by atoms with E-state index in [0.29, 0.717) is 64.9 Å². The van der Waals surface area contributed by atoms with Crippen molar-refractivity contribution in [1.29, 1.82) is 10.5 Å². The lowest BCUT2D eigenvalue weighted by molar-refractivity contribution is 0.207. The summed E-state index contributed by atoms with van der Waals surface area (Å²) in [4.78, 5) is 8.08. The van der Waals surface area contributed by atoms with Crippen LogP contribution in [0.3, 0.4) is 0 Å². The maximum atomic E-state index is 14.1. The Bertz CT molecular complexity index is 2480. The highest BCUT2D eigenvalue weighted by Gasteiger charge is 2.28. The summed E-state index contributed by atoms with van der Waals surface area (Å²) in [5.41, 5.74) is 1.01. The molecule has 7 rings (SSSR count). The van der Waals surface area contributed by atoms with E-state index in [1.165, 1.54) is 0 Å². The summed E-state index contributed by atoms with van der Waals surface area (Å²) in [5, 5.41) is 24.5. The van der Waals surface area contributed by atoms with Crippen molar-refractivity contribution >= 4 is 48.7 Å². The van der Waals surface area contributed by atoms with Crippen molar-refractivity contribution in [3.63, 3.8) is 0 Å². The maximum Gasteiger partial charge on any atom is 0.206 e. The van der Waals surface area contributed by atoms with E-state index in [1.807, 2.05) is 0 Å². The summed E-state index contributed by atoms with van der Waals surface area (Å²) in [5.74, 6) is -5.48. The number of allylic oxidation sites excluding steroid dienone is 4. The van der Waals surface area contributed by atoms with Crippen LogP contribution in [0.25, 0.3) is 59.8 Å². The number of fused-ring (bicyclic) bond motifs is 6. The van der Waals surface area contributed by atoms with Gasteiger partial charge < -0.3 is 0 Å². The molecule has 44 heavy (non-hydrogen) atoms. The highest BCUT2D eigenvalue weighted by molar-refractivity contribution is 6.21. The molecule has 10 heteroatoms. The minimum absolute atomic E-state index is 0.0936. The summed E-state index contributed by atoms with van der Waals surface area (Å²) >= 11 is 0. The van der Waals surface area contributed by atoms with E-state index in [-0.39, 0.29) is 11.1 Å². The molecule has 1 aliphatic rings. The second-order valence-electron chi connectivity index (χ2n) is 10.3. The van der Waals surface area contributed by atoms with E-state index in [9.17, 15) is 36.9 Å². The second-order valence-corrected chi connectivity index (χ2v) is 10.3. The predicted molar refractivity (Wildman–Crippen MR) is 153 cm³/mol. The molecular weight excluding hydrogens is 578 g/mol. The number of hydrogen-bond acceptors (Lipinski definition) is 4. The third-order valence-corrected chi connectivity index (χ3v) is 7.95. The van der Waals surface area contributed by atoms with Crippen LogP contribution in [0.15, 0.2) is 88.6 Å². The molecule has 0 saturated heterocycles. The van der Waals surface area contributed by atoms with Gasteiger partial charge in [0, 0.05) is 21.5 Å². The molecule has 0 saturated carbocycles. The Morgan fingerprint density at radius 2 is 1.07 bits per heavy atom. The fraction of sp³-hybridized carbons (Fsp3) is 0.0588. The molecule has 6 aromatic carbocycles. The molecular formula is C34H14F6N4. The lowest BCUT2D eigenvalue weighted by Gasteiger charge is -2.16. The molecule has 0 aliphatic heterocycles. The van der Waals surface area contributed by atoms with Gasteiger partial charge in [0.1, 0.15) is 5.83 Å². The zero-order valence-corrected chi connectivity index (χ0v) is 22.1. The molecule has 0 N–H and O–H groups in total. The van der Waals surface area contributed by atoms with E-state index < -0.39 is 35.6 Å². The Balaban J connectivity index is 1.51. The molecule has 0 heterocycles. The van der Waals surface area contributed by atoms with Crippen LogP contribution >= 0.6 is 0 Å². The largest absolute Gasteiger partial charge is 0.239 e. The molecule has 2 unspecified atom stereocenters. The molecule has 1 aliphatic carbocycles. The lowest BCUT2D eigenvalue weighted by Crippen LogP contribution is -2.19. The third kappa shape index (κ3) is 3.99. The van der Waals surface area contributed by atoms with Crippen LogP contribution in [0.4, 0.5) is 26.3 Å². The number of alkyl halides is 2. The monoisotopic (exact) mass is 592 g/mol. The number of nitriles is 2. The molecule has 0 fully saturated rings. The van der Waals surface area contributed by atoms with Crippen LogP contribution < -0.4 is 10.7 Å². The van der Waals surface area contributed by atoms with Gasteiger partial charge in [0.15, 0.2) is 29.8 Å². The number of benzene rings is 4. The minimum atomic E-state index is -2.36. The van der Waals surface area contributed by atoms with Gasteiger partial charge in [0.25, 0.3) is 0 Å². The van der Waals surface area contributed by atoms with Gasteiger partial charge in [-0.1, -0.05) is 24.3 Å². The van der Waals surface area contributed by atoms with Gasteiger partial charge in [-0.05, 0) is 92.4 Å². The quantitative estimate of drug-likeness (QED) is 0.116. The van der Waals surface area contributed by atoms with Gasteiger partial charge in [-0.2, -0.15) is 20.5 Å². The molecule has 0 bridgehead atoms. The highest BCUT2D eigenvalue weighted by atomic mass is 19.2. The fourth-order valence-electron chi connectivity index (χ4n) is 5.96. The first-order valence-corrected chi connectivity index (χ1v) is 13.1. The third-order valence-electron chi connectivity index (χ3n) is 7.95. The molecule has 6 aromatic rings. The van der Waals surface area contributed by atoms with Crippen molar-refractivity contribution in [3.8, 4) is 23.5 Å². The van der Waals surface area contributed by atoms with Crippen LogP contribution in [0.2, 0.25) is 0 Å². The summed E-state index contributed by atoms with van der Waals surface area (Å²) < 4.78 is 83.3. The summed E-state index contributed by atoms with van der Waals surface area (Å²) in [7, 11) is 0. The van der Waals surface area contributed by atoms with Gasteiger partial charge in [-0.25, -0.2) is 26.3 Å². The maximum absolute atomic E-state index is 14.1. The van der Waals surface area contributed by atoms with Crippen molar-refractivity contribution < 1.29 is 26.3 Å². The normalized spacial score (nSPS) is 17.8. The minimum Gasteiger partial charge on any atom is -0.239 e. The Kier molecular flexibility index (Phi) is 6.12. The van der Waals surface area contributed by atoms with Crippen molar-refractivity contribution in [1.82, 2.24) is 0 Å². The number of nitrogens with zero attached hydrogens (tertiary/aromatic N) is 4. The van der Waals surface area contributed by atoms with E-state index in [4.69, 9.17) is 0 Å².